The van der Waals surface area contributed by atoms with Crippen LogP contribution in [0.3, 0.4) is 0 Å². The molecule has 1 aliphatic rings. The summed E-state index contributed by atoms with van der Waals surface area (Å²) in [4.78, 5) is 16.6. The number of rotatable bonds is 7. The van der Waals surface area contributed by atoms with Crippen molar-refractivity contribution in [3.05, 3.63) is 59.9 Å². The molecule has 0 radical (unpaired) electrons. The standard InChI is InChI=1S/C22H29N3O3S/c1-18(20-7-6-14-23-17-20)24-22(26)13-10-19-8-11-21(12-9-19)29(27,28)25-15-4-2-3-5-16-25/h6-9,11-12,14,17-18H,2-5,10,13,15-16H2,1H3,(H,24,26). The van der Waals surface area contributed by atoms with Gasteiger partial charge in [0, 0.05) is 31.9 Å². The average Bonchev–Trinajstić information content (AvgIpc) is 3.03. The van der Waals surface area contributed by atoms with Crippen molar-refractivity contribution < 1.29 is 13.2 Å². The van der Waals surface area contributed by atoms with Crippen LogP contribution in [-0.4, -0.2) is 36.7 Å². The van der Waals surface area contributed by atoms with Crippen LogP contribution in [0.1, 0.15) is 56.2 Å². The molecular weight excluding hydrogens is 386 g/mol. The van der Waals surface area contributed by atoms with Gasteiger partial charge in [-0.05, 0) is 55.5 Å². The van der Waals surface area contributed by atoms with Crippen LogP contribution in [-0.2, 0) is 21.2 Å². The summed E-state index contributed by atoms with van der Waals surface area (Å²) in [5.74, 6) is -0.0392. The van der Waals surface area contributed by atoms with E-state index in [1.807, 2.05) is 31.2 Å². The maximum Gasteiger partial charge on any atom is 0.243 e. The third-order valence-corrected chi connectivity index (χ3v) is 7.24. The van der Waals surface area contributed by atoms with Crippen molar-refractivity contribution in [2.24, 2.45) is 0 Å². The molecule has 1 amide bonds. The molecule has 2 heterocycles. The fourth-order valence-electron chi connectivity index (χ4n) is 3.55. The molecule has 0 aliphatic carbocycles. The van der Waals surface area contributed by atoms with Gasteiger partial charge in [0.1, 0.15) is 0 Å². The van der Waals surface area contributed by atoms with E-state index >= 15 is 0 Å². The molecule has 1 N–H and O–H groups in total. The molecule has 1 atom stereocenters. The second-order valence-corrected chi connectivity index (χ2v) is 9.48. The van der Waals surface area contributed by atoms with Crippen LogP contribution in [0.15, 0.2) is 53.7 Å². The van der Waals surface area contributed by atoms with Crippen molar-refractivity contribution in [3.8, 4) is 0 Å². The molecular formula is C22H29N3O3S. The zero-order valence-electron chi connectivity index (χ0n) is 16.9. The summed E-state index contributed by atoms with van der Waals surface area (Å²) < 4.78 is 27.3. The Morgan fingerprint density at radius 1 is 1.10 bits per heavy atom. The normalized spacial score (nSPS) is 16.7. The summed E-state index contributed by atoms with van der Waals surface area (Å²) >= 11 is 0. The van der Waals surface area contributed by atoms with Gasteiger partial charge in [0.25, 0.3) is 0 Å². The van der Waals surface area contributed by atoms with Gasteiger partial charge in [0.2, 0.25) is 15.9 Å². The van der Waals surface area contributed by atoms with Crippen molar-refractivity contribution in [1.82, 2.24) is 14.6 Å². The lowest BCUT2D eigenvalue weighted by molar-refractivity contribution is -0.121. The zero-order valence-corrected chi connectivity index (χ0v) is 17.7. The summed E-state index contributed by atoms with van der Waals surface area (Å²) in [5, 5.41) is 2.97. The fraction of sp³-hybridized carbons (Fsp3) is 0.455. The first-order valence-corrected chi connectivity index (χ1v) is 11.7. The highest BCUT2D eigenvalue weighted by Gasteiger charge is 2.24. The van der Waals surface area contributed by atoms with E-state index < -0.39 is 10.0 Å². The first kappa shape index (κ1) is 21.5. The highest BCUT2D eigenvalue weighted by molar-refractivity contribution is 7.89. The number of nitrogens with one attached hydrogen (secondary N) is 1. The van der Waals surface area contributed by atoms with Crippen LogP contribution >= 0.6 is 0 Å². The number of sulfonamides is 1. The summed E-state index contributed by atoms with van der Waals surface area (Å²) in [6, 6.07) is 10.6. The summed E-state index contributed by atoms with van der Waals surface area (Å²) in [6.07, 6.45) is 8.38. The van der Waals surface area contributed by atoms with Crippen molar-refractivity contribution in [3.63, 3.8) is 0 Å². The molecule has 0 saturated carbocycles. The highest BCUT2D eigenvalue weighted by Crippen LogP contribution is 2.21. The molecule has 7 heteroatoms. The Morgan fingerprint density at radius 2 is 1.79 bits per heavy atom. The topological polar surface area (TPSA) is 79.4 Å². The Bertz CT molecular complexity index is 891. The summed E-state index contributed by atoms with van der Waals surface area (Å²) in [5.41, 5.74) is 1.91. The van der Waals surface area contributed by atoms with Crippen molar-refractivity contribution in [2.45, 2.75) is 56.4 Å². The van der Waals surface area contributed by atoms with Gasteiger partial charge in [-0.3, -0.25) is 9.78 Å². The van der Waals surface area contributed by atoms with E-state index in [1.165, 1.54) is 0 Å². The van der Waals surface area contributed by atoms with Crippen LogP contribution in [0.2, 0.25) is 0 Å². The van der Waals surface area contributed by atoms with Gasteiger partial charge < -0.3 is 5.32 Å². The van der Waals surface area contributed by atoms with Crippen LogP contribution in [0, 0.1) is 0 Å². The van der Waals surface area contributed by atoms with Gasteiger partial charge in [0.05, 0.1) is 10.9 Å². The molecule has 2 aromatic rings. The number of amides is 1. The molecule has 1 aromatic carbocycles. The van der Waals surface area contributed by atoms with E-state index in [0.29, 0.717) is 30.8 Å². The molecule has 29 heavy (non-hydrogen) atoms. The summed E-state index contributed by atoms with van der Waals surface area (Å²) in [7, 11) is -3.43. The Kier molecular flexibility index (Phi) is 7.39. The SMILES string of the molecule is CC(NC(=O)CCc1ccc(S(=O)(=O)N2CCCCCC2)cc1)c1cccnc1. The first-order valence-electron chi connectivity index (χ1n) is 10.3. The minimum atomic E-state index is -3.43. The van der Waals surface area contributed by atoms with Gasteiger partial charge >= 0.3 is 0 Å². The highest BCUT2D eigenvalue weighted by atomic mass is 32.2. The number of hydrogen-bond acceptors (Lipinski definition) is 4. The molecule has 1 saturated heterocycles. The lowest BCUT2D eigenvalue weighted by Gasteiger charge is -2.20. The first-order chi connectivity index (χ1) is 14.0. The van der Waals surface area contributed by atoms with Gasteiger partial charge in [-0.2, -0.15) is 4.31 Å². The Labute approximate surface area is 173 Å². The molecule has 1 aliphatic heterocycles. The van der Waals surface area contributed by atoms with E-state index in [1.54, 1.807) is 28.8 Å². The van der Waals surface area contributed by atoms with E-state index in [0.717, 1.165) is 36.8 Å². The maximum atomic E-state index is 12.8. The summed E-state index contributed by atoms with van der Waals surface area (Å²) in [6.45, 7) is 3.12. The lowest BCUT2D eigenvalue weighted by Crippen LogP contribution is -2.31. The number of carbonyl (C=O) groups is 1. The third-order valence-electron chi connectivity index (χ3n) is 5.33. The minimum absolute atomic E-state index is 0.0392. The van der Waals surface area contributed by atoms with Crippen LogP contribution in [0.4, 0.5) is 0 Å². The number of aromatic nitrogens is 1. The largest absolute Gasteiger partial charge is 0.350 e. The number of aryl methyl sites for hydroxylation is 1. The minimum Gasteiger partial charge on any atom is -0.350 e. The molecule has 6 nitrogen and oxygen atoms in total. The van der Waals surface area contributed by atoms with E-state index in [4.69, 9.17) is 0 Å². The van der Waals surface area contributed by atoms with Crippen LogP contribution in [0.25, 0.3) is 0 Å². The number of pyridine rings is 1. The predicted octanol–water partition coefficient (Wildman–Crippen LogP) is 3.46. The Morgan fingerprint density at radius 3 is 2.41 bits per heavy atom. The molecule has 1 fully saturated rings. The molecule has 1 unspecified atom stereocenters. The zero-order chi connectivity index (χ0) is 20.7. The fourth-order valence-corrected chi connectivity index (χ4v) is 5.06. The Hall–Kier alpha value is -2.25. The van der Waals surface area contributed by atoms with E-state index in [2.05, 4.69) is 10.3 Å². The van der Waals surface area contributed by atoms with Crippen LogP contribution in [0.5, 0.6) is 0 Å². The molecule has 1 aromatic heterocycles. The van der Waals surface area contributed by atoms with Crippen molar-refractivity contribution >= 4 is 15.9 Å². The average molecular weight is 416 g/mol. The van der Waals surface area contributed by atoms with Crippen molar-refractivity contribution in [2.75, 3.05) is 13.1 Å². The predicted molar refractivity (Wildman–Crippen MR) is 113 cm³/mol. The quantitative estimate of drug-likeness (QED) is 0.751. The molecule has 0 spiro atoms. The molecule has 156 valence electrons. The van der Waals surface area contributed by atoms with Gasteiger partial charge in [0.15, 0.2) is 0 Å². The molecule has 3 rings (SSSR count). The lowest BCUT2D eigenvalue weighted by atomic mass is 10.1. The van der Waals surface area contributed by atoms with Gasteiger partial charge in [-0.25, -0.2) is 8.42 Å². The monoisotopic (exact) mass is 415 g/mol. The third kappa shape index (κ3) is 5.87. The molecule has 0 bridgehead atoms. The second kappa shape index (κ2) is 9.98. The van der Waals surface area contributed by atoms with E-state index in [-0.39, 0.29) is 11.9 Å². The van der Waals surface area contributed by atoms with Gasteiger partial charge in [-0.15, -0.1) is 0 Å². The number of carbonyl (C=O) groups excluding carboxylic acids is 1. The van der Waals surface area contributed by atoms with Crippen molar-refractivity contribution in [1.29, 1.82) is 0 Å². The van der Waals surface area contributed by atoms with Crippen LogP contribution < -0.4 is 5.32 Å². The Balaban J connectivity index is 1.54. The maximum absolute atomic E-state index is 12.8. The number of nitrogens with zero attached hydrogens (tertiary/aromatic N) is 2. The van der Waals surface area contributed by atoms with E-state index in [9.17, 15) is 13.2 Å². The number of benzene rings is 1. The second-order valence-electron chi connectivity index (χ2n) is 7.54. The number of hydrogen-bond donors (Lipinski definition) is 1. The van der Waals surface area contributed by atoms with Gasteiger partial charge in [-0.1, -0.05) is 31.0 Å². The smallest absolute Gasteiger partial charge is 0.243 e.